The monoisotopic (exact) mass is 290 g/mol. The number of unbranched alkanes of at least 4 members (excludes halogenated alkanes) is 4. The van der Waals surface area contributed by atoms with Crippen LogP contribution in [0.1, 0.15) is 116 Å². The van der Waals surface area contributed by atoms with Gasteiger partial charge in [0.25, 0.3) is 0 Å². The molecule has 4 fully saturated rings. The van der Waals surface area contributed by atoms with Crippen molar-refractivity contribution in [1.82, 2.24) is 0 Å². The second-order valence-electron chi connectivity index (χ2n) is 8.86. The van der Waals surface area contributed by atoms with Gasteiger partial charge in [-0.25, -0.2) is 0 Å². The molecule has 0 unspecified atom stereocenters. The smallest absolute Gasteiger partial charge is 0.0269 e. The lowest BCUT2D eigenvalue weighted by molar-refractivity contribution is -0.0618. The Kier molecular flexibility index (Phi) is 5.33. The molecule has 0 aromatic rings. The normalized spacial score (nSPS) is 37.0. The highest BCUT2D eigenvalue weighted by molar-refractivity contribution is 5.02. The molecule has 0 aliphatic heterocycles. The second-order valence-corrected chi connectivity index (χ2v) is 8.86. The minimum atomic E-state index is 0.808. The quantitative estimate of drug-likeness (QED) is 0.432. The Hall–Kier alpha value is 0. The van der Waals surface area contributed by atoms with Gasteiger partial charge in [0, 0.05) is 0 Å². The molecule has 0 atom stereocenters. The van der Waals surface area contributed by atoms with Crippen LogP contribution in [0.4, 0.5) is 0 Å². The van der Waals surface area contributed by atoms with Gasteiger partial charge in [-0.05, 0) is 74.5 Å². The summed E-state index contributed by atoms with van der Waals surface area (Å²) in [6.45, 7) is 2.33. The molecule has 4 saturated carbocycles. The molecule has 0 radical (unpaired) electrons. The minimum Gasteiger partial charge on any atom is -0.0654 e. The van der Waals surface area contributed by atoms with Crippen molar-refractivity contribution < 1.29 is 0 Å². The molecule has 0 amide bonds. The van der Waals surface area contributed by atoms with E-state index in [1.54, 1.807) is 57.8 Å². The summed E-state index contributed by atoms with van der Waals surface area (Å²) in [6.07, 6.45) is 26.3. The average molecular weight is 291 g/mol. The van der Waals surface area contributed by atoms with E-state index in [0.717, 1.165) is 16.7 Å². The van der Waals surface area contributed by atoms with Crippen LogP contribution in [0, 0.1) is 16.7 Å². The second kappa shape index (κ2) is 7.05. The highest BCUT2D eigenvalue weighted by Gasteiger charge is 2.51. The van der Waals surface area contributed by atoms with Gasteiger partial charge in [-0.3, -0.25) is 0 Å². The molecule has 4 rings (SSSR count). The summed E-state index contributed by atoms with van der Waals surface area (Å²) in [4.78, 5) is 0. The van der Waals surface area contributed by atoms with Gasteiger partial charge in [-0.1, -0.05) is 58.3 Å². The first-order chi connectivity index (χ1) is 10.3. The van der Waals surface area contributed by atoms with Crippen molar-refractivity contribution in [2.24, 2.45) is 16.7 Å². The summed E-state index contributed by atoms with van der Waals surface area (Å²) >= 11 is 0. The third kappa shape index (κ3) is 3.50. The highest BCUT2D eigenvalue weighted by Crippen LogP contribution is 2.63. The first kappa shape index (κ1) is 15.9. The third-order valence-corrected chi connectivity index (χ3v) is 7.74. The van der Waals surface area contributed by atoms with Crippen molar-refractivity contribution in [2.75, 3.05) is 0 Å². The van der Waals surface area contributed by atoms with E-state index in [-0.39, 0.29) is 0 Å². The molecule has 4 aliphatic rings. The van der Waals surface area contributed by atoms with Gasteiger partial charge < -0.3 is 0 Å². The summed E-state index contributed by atoms with van der Waals surface area (Å²) in [5.74, 6) is 1.12. The molecule has 0 N–H and O–H groups in total. The summed E-state index contributed by atoms with van der Waals surface area (Å²) in [5, 5.41) is 0. The van der Waals surface area contributed by atoms with E-state index in [1.165, 1.54) is 51.4 Å². The molecule has 0 nitrogen and oxygen atoms in total. The van der Waals surface area contributed by atoms with Crippen molar-refractivity contribution in [3.63, 3.8) is 0 Å². The maximum Gasteiger partial charge on any atom is -0.0269 e. The van der Waals surface area contributed by atoms with Gasteiger partial charge in [-0.15, -0.1) is 0 Å². The Morgan fingerprint density at radius 3 is 1.95 bits per heavy atom. The predicted molar refractivity (Wildman–Crippen MR) is 92.5 cm³/mol. The van der Waals surface area contributed by atoms with Crippen molar-refractivity contribution >= 4 is 0 Å². The molecule has 21 heavy (non-hydrogen) atoms. The van der Waals surface area contributed by atoms with Crippen LogP contribution in [0.25, 0.3) is 0 Å². The molecule has 122 valence electrons. The van der Waals surface area contributed by atoms with Crippen LogP contribution in [0.2, 0.25) is 0 Å². The van der Waals surface area contributed by atoms with Crippen LogP contribution in [-0.4, -0.2) is 0 Å². The van der Waals surface area contributed by atoms with E-state index < -0.39 is 0 Å². The maximum absolute atomic E-state index is 2.33. The average Bonchev–Trinajstić information content (AvgIpc) is 2.57. The van der Waals surface area contributed by atoms with E-state index in [2.05, 4.69) is 6.92 Å². The number of hydrogen-bond acceptors (Lipinski definition) is 0. The summed E-state index contributed by atoms with van der Waals surface area (Å²) < 4.78 is 0. The van der Waals surface area contributed by atoms with Crippen LogP contribution < -0.4 is 0 Å². The van der Waals surface area contributed by atoms with E-state index in [4.69, 9.17) is 0 Å². The summed E-state index contributed by atoms with van der Waals surface area (Å²) in [7, 11) is 0. The van der Waals surface area contributed by atoms with Gasteiger partial charge in [0.1, 0.15) is 0 Å². The predicted octanol–water partition coefficient (Wildman–Crippen LogP) is 7.27. The van der Waals surface area contributed by atoms with Crippen LogP contribution in [0.3, 0.4) is 0 Å². The van der Waals surface area contributed by atoms with Gasteiger partial charge >= 0.3 is 0 Å². The molecule has 4 aliphatic carbocycles. The Morgan fingerprint density at radius 1 is 0.714 bits per heavy atom. The van der Waals surface area contributed by atoms with Gasteiger partial charge in [0.2, 0.25) is 0 Å². The molecule has 0 heteroatoms. The van der Waals surface area contributed by atoms with E-state index >= 15 is 0 Å². The fraction of sp³-hybridized carbons (Fsp3) is 1.00. The highest BCUT2D eigenvalue weighted by atomic mass is 14.6. The minimum absolute atomic E-state index is 0.808. The topological polar surface area (TPSA) is 0 Å². The van der Waals surface area contributed by atoms with E-state index in [0.29, 0.717) is 0 Å². The van der Waals surface area contributed by atoms with Gasteiger partial charge in [0.05, 0.1) is 0 Å². The van der Waals surface area contributed by atoms with Crippen molar-refractivity contribution in [3.05, 3.63) is 0 Å². The molecule has 0 spiro atoms. The number of rotatable bonds is 7. The van der Waals surface area contributed by atoms with Crippen LogP contribution in [-0.2, 0) is 0 Å². The molecule has 0 saturated heterocycles. The first-order valence-corrected chi connectivity index (χ1v) is 10.3. The maximum atomic E-state index is 2.33. The molecule has 2 bridgehead atoms. The van der Waals surface area contributed by atoms with E-state index in [1.807, 2.05) is 0 Å². The Balaban J connectivity index is 1.47. The van der Waals surface area contributed by atoms with Crippen molar-refractivity contribution in [2.45, 2.75) is 116 Å². The third-order valence-electron chi connectivity index (χ3n) is 7.74. The Labute approximate surface area is 133 Å². The molecule has 0 aromatic carbocycles. The molecular weight excluding hydrogens is 252 g/mol. The molecular formula is C21H38. The number of fused-ring (bicyclic) bond motifs is 3. The lowest BCUT2D eigenvalue weighted by atomic mass is 9.48. The van der Waals surface area contributed by atoms with Crippen molar-refractivity contribution in [1.29, 1.82) is 0 Å². The SMILES string of the molecule is CCCCCCCC12CCC(C3CCCCC3)(CC1)CC2. The van der Waals surface area contributed by atoms with Crippen molar-refractivity contribution in [3.8, 4) is 0 Å². The van der Waals surface area contributed by atoms with E-state index in [9.17, 15) is 0 Å². The number of hydrogen-bond donors (Lipinski definition) is 0. The summed E-state index contributed by atoms with van der Waals surface area (Å²) in [5.41, 5.74) is 1.63. The fourth-order valence-corrected chi connectivity index (χ4v) is 6.10. The Bertz CT molecular complexity index is 285. The largest absolute Gasteiger partial charge is 0.0654 e. The first-order valence-electron chi connectivity index (χ1n) is 10.3. The zero-order valence-electron chi connectivity index (χ0n) is 14.6. The van der Waals surface area contributed by atoms with Gasteiger partial charge in [0.15, 0.2) is 0 Å². The summed E-state index contributed by atoms with van der Waals surface area (Å²) in [6, 6.07) is 0. The zero-order chi connectivity index (χ0) is 14.6. The fourth-order valence-electron chi connectivity index (χ4n) is 6.10. The molecule has 0 heterocycles. The lowest BCUT2D eigenvalue weighted by Gasteiger charge is -2.57. The lowest BCUT2D eigenvalue weighted by Crippen LogP contribution is -2.45. The van der Waals surface area contributed by atoms with Crippen LogP contribution in [0.15, 0.2) is 0 Å². The van der Waals surface area contributed by atoms with Crippen LogP contribution in [0.5, 0.6) is 0 Å². The van der Waals surface area contributed by atoms with Crippen LogP contribution >= 0.6 is 0 Å². The standard InChI is InChI=1S/C21H38/c1-2-3-4-5-9-12-20-13-16-21(17-14-20,18-15-20)19-10-7-6-8-11-19/h19H,2-18H2,1H3. The Morgan fingerprint density at radius 2 is 1.33 bits per heavy atom. The van der Waals surface area contributed by atoms with Gasteiger partial charge in [-0.2, -0.15) is 0 Å². The molecule has 0 aromatic heterocycles. The zero-order valence-corrected chi connectivity index (χ0v) is 14.6.